The molecule has 0 saturated carbocycles. The molecule has 5 nitrogen and oxygen atoms in total. The number of amides is 1. The van der Waals surface area contributed by atoms with E-state index in [1.165, 1.54) is 12.3 Å². The van der Waals surface area contributed by atoms with Crippen molar-refractivity contribution in [3.8, 4) is 0 Å². The van der Waals surface area contributed by atoms with Crippen molar-refractivity contribution < 1.29 is 13.6 Å². The van der Waals surface area contributed by atoms with Gasteiger partial charge in [-0.25, -0.2) is 9.37 Å². The second-order valence-corrected chi connectivity index (χ2v) is 4.58. The maximum absolute atomic E-state index is 13.7. The molecule has 2 aromatic rings. The average molecular weight is 267 g/mol. The number of hydrogen-bond donors (Lipinski definition) is 2. The van der Waals surface area contributed by atoms with Gasteiger partial charge in [0.25, 0.3) is 11.1 Å². The molecule has 94 valence electrons. The van der Waals surface area contributed by atoms with E-state index in [1.807, 2.05) is 0 Å². The molecule has 0 aliphatic carbocycles. The molecule has 1 aromatic heterocycles. The Morgan fingerprint density at radius 2 is 2.22 bits per heavy atom. The Hall–Kier alpha value is -2.02. The summed E-state index contributed by atoms with van der Waals surface area (Å²) in [5.41, 5.74) is 11.4. The van der Waals surface area contributed by atoms with E-state index in [4.69, 9.17) is 15.9 Å². The van der Waals surface area contributed by atoms with Gasteiger partial charge in [-0.2, -0.15) is 0 Å². The van der Waals surface area contributed by atoms with Crippen LogP contribution in [-0.2, 0) is 0 Å². The molecule has 1 heterocycles. The molecule has 0 radical (unpaired) electrons. The van der Waals surface area contributed by atoms with Crippen molar-refractivity contribution in [2.75, 3.05) is 5.73 Å². The van der Waals surface area contributed by atoms with Gasteiger partial charge < -0.3 is 15.9 Å². The molecule has 0 atom stereocenters. The average Bonchev–Trinajstić information content (AvgIpc) is 2.67. The summed E-state index contributed by atoms with van der Waals surface area (Å²) in [6, 6.07) is 2.34. The first-order chi connectivity index (χ1) is 8.47. The maximum Gasteiger partial charge on any atom is 0.260 e. The molecule has 2 rings (SSSR count). The summed E-state index contributed by atoms with van der Waals surface area (Å²) in [5, 5.41) is 0.284. The monoisotopic (exact) mass is 267 g/mol. The van der Waals surface area contributed by atoms with Crippen molar-refractivity contribution in [1.82, 2.24) is 4.98 Å². The lowest BCUT2D eigenvalue weighted by Gasteiger charge is -2.05. The molecule has 0 saturated heterocycles. The molecule has 0 bridgehead atoms. The Balaban J connectivity index is 2.38. The van der Waals surface area contributed by atoms with Gasteiger partial charge in [-0.3, -0.25) is 4.79 Å². The van der Waals surface area contributed by atoms with Gasteiger partial charge in [-0.1, -0.05) is 0 Å². The van der Waals surface area contributed by atoms with Gasteiger partial charge in [0.05, 0.1) is 16.2 Å². The highest BCUT2D eigenvalue weighted by Gasteiger charge is 2.14. The minimum Gasteiger partial charge on any atom is -0.439 e. The maximum atomic E-state index is 13.7. The number of oxazole rings is 1. The summed E-state index contributed by atoms with van der Waals surface area (Å²) in [4.78, 5) is 15.3. The Morgan fingerprint density at radius 1 is 1.50 bits per heavy atom. The van der Waals surface area contributed by atoms with Crippen molar-refractivity contribution in [1.29, 1.82) is 0 Å². The van der Waals surface area contributed by atoms with Crippen molar-refractivity contribution in [3.05, 3.63) is 35.5 Å². The normalized spacial score (nSPS) is 10.6. The van der Waals surface area contributed by atoms with E-state index in [0.717, 1.165) is 17.8 Å². The smallest absolute Gasteiger partial charge is 0.260 e. The number of nitrogen functional groups attached to an aromatic ring is 1. The third-order valence-corrected chi connectivity index (χ3v) is 3.06. The van der Waals surface area contributed by atoms with Crippen molar-refractivity contribution >= 4 is 23.4 Å². The molecule has 1 aromatic carbocycles. The summed E-state index contributed by atoms with van der Waals surface area (Å²) in [6.07, 6.45) is 1.45. The van der Waals surface area contributed by atoms with Crippen LogP contribution in [0.1, 0.15) is 16.1 Å². The Morgan fingerprint density at radius 3 is 2.78 bits per heavy atom. The molecule has 18 heavy (non-hydrogen) atoms. The Labute approximate surface area is 106 Å². The lowest BCUT2D eigenvalue weighted by atomic mass is 10.1. The van der Waals surface area contributed by atoms with Crippen molar-refractivity contribution in [2.45, 2.75) is 17.0 Å². The van der Waals surface area contributed by atoms with Crippen LogP contribution in [0.25, 0.3) is 0 Å². The number of primary amides is 1. The van der Waals surface area contributed by atoms with Gasteiger partial charge in [-0.05, 0) is 30.8 Å². The van der Waals surface area contributed by atoms with Crippen LogP contribution in [0.15, 0.2) is 32.9 Å². The molecule has 0 fully saturated rings. The third-order valence-electron chi connectivity index (χ3n) is 2.16. The van der Waals surface area contributed by atoms with Gasteiger partial charge in [0, 0.05) is 5.69 Å². The number of benzene rings is 1. The zero-order valence-corrected chi connectivity index (χ0v) is 10.3. The van der Waals surface area contributed by atoms with Crippen LogP contribution in [0.2, 0.25) is 0 Å². The first-order valence-electron chi connectivity index (χ1n) is 4.96. The fourth-order valence-electron chi connectivity index (χ4n) is 1.33. The molecule has 4 N–H and O–H groups in total. The lowest BCUT2D eigenvalue weighted by Crippen LogP contribution is -2.14. The van der Waals surface area contributed by atoms with E-state index in [-0.39, 0.29) is 21.4 Å². The minimum absolute atomic E-state index is 0.00735. The predicted molar refractivity (Wildman–Crippen MR) is 64.7 cm³/mol. The van der Waals surface area contributed by atoms with Gasteiger partial charge in [0.1, 0.15) is 12.1 Å². The number of carbonyl (C=O) groups excluding carboxylic acids is 1. The van der Waals surface area contributed by atoms with Gasteiger partial charge in [0.2, 0.25) is 0 Å². The number of anilines is 1. The third kappa shape index (κ3) is 2.45. The first-order valence-corrected chi connectivity index (χ1v) is 5.78. The molecular formula is C11H10FN3O2S. The summed E-state index contributed by atoms with van der Waals surface area (Å²) in [6.45, 7) is 1.75. The standard InChI is InChI=1S/C11H10FN3O2S/c1-5-4-17-11(15-5)18-9-2-6(10(14)16)8(13)3-7(9)12/h2-4H,13H2,1H3,(H2,14,16). The summed E-state index contributed by atoms with van der Waals surface area (Å²) < 4.78 is 18.8. The quantitative estimate of drug-likeness (QED) is 0.829. The Kier molecular flexibility index (Phi) is 3.24. The molecule has 7 heteroatoms. The van der Waals surface area contributed by atoms with E-state index < -0.39 is 11.7 Å². The summed E-state index contributed by atoms with van der Waals surface area (Å²) in [5.74, 6) is -1.27. The second-order valence-electron chi connectivity index (χ2n) is 3.59. The molecular weight excluding hydrogens is 257 g/mol. The highest BCUT2D eigenvalue weighted by atomic mass is 32.2. The zero-order chi connectivity index (χ0) is 13.3. The SMILES string of the molecule is Cc1coc(Sc2cc(C(N)=O)c(N)cc2F)n1. The number of carbonyl (C=O) groups is 1. The zero-order valence-electron chi connectivity index (χ0n) is 9.44. The number of aryl methyl sites for hydroxylation is 1. The van der Waals surface area contributed by atoms with Crippen LogP contribution >= 0.6 is 11.8 Å². The van der Waals surface area contributed by atoms with Crippen LogP contribution < -0.4 is 11.5 Å². The Bertz CT molecular complexity index is 612. The van der Waals surface area contributed by atoms with Gasteiger partial charge in [-0.15, -0.1) is 0 Å². The van der Waals surface area contributed by atoms with Crippen molar-refractivity contribution in [3.63, 3.8) is 0 Å². The fraction of sp³-hybridized carbons (Fsp3) is 0.0909. The molecule has 1 amide bonds. The number of nitrogens with two attached hydrogens (primary N) is 2. The second kappa shape index (κ2) is 4.69. The topological polar surface area (TPSA) is 95.1 Å². The molecule has 0 aliphatic heterocycles. The highest BCUT2D eigenvalue weighted by Crippen LogP contribution is 2.31. The number of rotatable bonds is 3. The van der Waals surface area contributed by atoms with Gasteiger partial charge in [0.15, 0.2) is 0 Å². The van der Waals surface area contributed by atoms with Crippen LogP contribution in [-0.4, -0.2) is 10.9 Å². The van der Waals surface area contributed by atoms with E-state index in [9.17, 15) is 9.18 Å². The van der Waals surface area contributed by atoms with Crippen LogP contribution in [0.5, 0.6) is 0 Å². The molecule has 0 aliphatic rings. The molecule has 0 spiro atoms. The van der Waals surface area contributed by atoms with Crippen LogP contribution in [0, 0.1) is 12.7 Å². The largest absolute Gasteiger partial charge is 0.439 e. The van der Waals surface area contributed by atoms with E-state index in [2.05, 4.69) is 4.98 Å². The summed E-state index contributed by atoms with van der Waals surface area (Å²) >= 11 is 0.959. The first kappa shape index (κ1) is 12.4. The van der Waals surface area contributed by atoms with Crippen molar-refractivity contribution in [2.24, 2.45) is 5.73 Å². The van der Waals surface area contributed by atoms with E-state index in [0.29, 0.717) is 5.69 Å². The van der Waals surface area contributed by atoms with Crippen LogP contribution in [0.3, 0.4) is 0 Å². The fourth-order valence-corrected chi connectivity index (χ4v) is 2.14. The summed E-state index contributed by atoms with van der Waals surface area (Å²) in [7, 11) is 0. The van der Waals surface area contributed by atoms with E-state index >= 15 is 0 Å². The predicted octanol–water partition coefficient (Wildman–Crippen LogP) is 1.95. The minimum atomic E-state index is -0.710. The number of hydrogen-bond acceptors (Lipinski definition) is 5. The molecule has 0 unspecified atom stereocenters. The highest BCUT2D eigenvalue weighted by molar-refractivity contribution is 7.99. The van der Waals surface area contributed by atoms with Gasteiger partial charge >= 0.3 is 0 Å². The van der Waals surface area contributed by atoms with E-state index in [1.54, 1.807) is 6.92 Å². The number of halogens is 1. The van der Waals surface area contributed by atoms with Crippen LogP contribution in [0.4, 0.5) is 10.1 Å². The number of nitrogens with zero attached hydrogens (tertiary/aromatic N) is 1. The lowest BCUT2D eigenvalue weighted by molar-refractivity contribution is 0.100. The number of aromatic nitrogens is 1.